The van der Waals surface area contributed by atoms with Gasteiger partial charge in [0, 0.05) is 20.1 Å². The Morgan fingerprint density at radius 2 is 1.67 bits per heavy atom. The number of hydrogen-bond acceptors (Lipinski definition) is 2. The molecule has 0 fully saturated rings. The zero-order valence-electron chi connectivity index (χ0n) is 14.5. The van der Waals surface area contributed by atoms with Gasteiger partial charge in [-0.25, -0.2) is 0 Å². The normalized spacial score (nSPS) is 10.7. The molecule has 24 heavy (non-hydrogen) atoms. The number of aryl methyl sites for hydroxylation is 1. The lowest BCUT2D eigenvalue weighted by Crippen LogP contribution is -2.36. The van der Waals surface area contributed by atoms with E-state index in [1.54, 1.807) is 7.05 Å². The number of aliphatic imine (C=N–C) groups is 1. The molecule has 0 atom stereocenters. The van der Waals surface area contributed by atoms with Crippen LogP contribution in [0, 0.1) is 6.92 Å². The molecule has 0 aromatic heterocycles. The van der Waals surface area contributed by atoms with Gasteiger partial charge in [0.1, 0.15) is 5.75 Å². The number of halogens is 1. The molecule has 0 bridgehead atoms. The zero-order chi connectivity index (χ0) is 16.5. The molecule has 0 aliphatic carbocycles. The second kappa shape index (κ2) is 10.9. The lowest BCUT2D eigenvalue weighted by atomic mass is 10.1. The number of rotatable bonds is 6. The number of nitrogens with one attached hydrogen (secondary N) is 2. The molecular formula is C19H26IN3O. The molecule has 0 spiro atoms. The van der Waals surface area contributed by atoms with E-state index in [0.29, 0.717) is 13.2 Å². The van der Waals surface area contributed by atoms with Gasteiger partial charge in [-0.15, -0.1) is 24.0 Å². The van der Waals surface area contributed by atoms with Crippen LogP contribution in [0.25, 0.3) is 0 Å². The van der Waals surface area contributed by atoms with E-state index in [1.807, 2.05) is 25.1 Å². The predicted molar refractivity (Wildman–Crippen MR) is 111 cm³/mol. The fourth-order valence-electron chi connectivity index (χ4n) is 2.21. The Bertz CT molecular complexity index is 641. The van der Waals surface area contributed by atoms with Gasteiger partial charge in [0.25, 0.3) is 0 Å². The minimum Gasteiger partial charge on any atom is -0.494 e. The SMILES string of the molecule is CCOc1cccc(CNC(=NC)NCc2ccc(C)cc2)c1.I. The van der Waals surface area contributed by atoms with Crippen molar-refractivity contribution < 1.29 is 4.74 Å². The topological polar surface area (TPSA) is 45.6 Å². The highest BCUT2D eigenvalue weighted by Crippen LogP contribution is 2.12. The molecule has 0 unspecified atom stereocenters. The van der Waals surface area contributed by atoms with Crippen LogP contribution in [0.5, 0.6) is 5.75 Å². The molecule has 5 heteroatoms. The first-order chi connectivity index (χ1) is 11.2. The first-order valence-electron chi connectivity index (χ1n) is 7.93. The molecule has 130 valence electrons. The van der Waals surface area contributed by atoms with E-state index in [0.717, 1.165) is 23.8 Å². The fraction of sp³-hybridized carbons (Fsp3) is 0.316. The summed E-state index contributed by atoms with van der Waals surface area (Å²) in [6.45, 7) is 6.21. The smallest absolute Gasteiger partial charge is 0.191 e. The number of hydrogen-bond donors (Lipinski definition) is 2. The summed E-state index contributed by atoms with van der Waals surface area (Å²) >= 11 is 0. The Morgan fingerprint density at radius 1 is 1.00 bits per heavy atom. The standard InChI is InChI=1S/C19H25N3O.HI/c1-4-23-18-7-5-6-17(12-18)14-22-19(20-3)21-13-16-10-8-15(2)9-11-16;/h5-12H,4,13-14H2,1-3H3,(H2,20,21,22);1H. The van der Waals surface area contributed by atoms with E-state index < -0.39 is 0 Å². The third-order valence-electron chi connectivity index (χ3n) is 3.47. The van der Waals surface area contributed by atoms with E-state index >= 15 is 0 Å². The fourth-order valence-corrected chi connectivity index (χ4v) is 2.21. The lowest BCUT2D eigenvalue weighted by molar-refractivity contribution is 0.340. The summed E-state index contributed by atoms with van der Waals surface area (Å²) in [5.41, 5.74) is 3.66. The zero-order valence-corrected chi connectivity index (χ0v) is 16.8. The number of nitrogens with zero attached hydrogens (tertiary/aromatic N) is 1. The van der Waals surface area contributed by atoms with Crippen LogP contribution >= 0.6 is 24.0 Å². The summed E-state index contributed by atoms with van der Waals surface area (Å²) in [4.78, 5) is 4.26. The van der Waals surface area contributed by atoms with Crippen LogP contribution in [-0.2, 0) is 13.1 Å². The minimum atomic E-state index is 0. The molecule has 0 heterocycles. The Hall–Kier alpha value is -1.76. The van der Waals surface area contributed by atoms with E-state index in [4.69, 9.17) is 4.74 Å². The van der Waals surface area contributed by atoms with Crippen molar-refractivity contribution in [3.8, 4) is 5.75 Å². The molecule has 0 radical (unpaired) electrons. The van der Waals surface area contributed by atoms with E-state index in [2.05, 4.69) is 52.9 Å². The third kappa shape index (κ3) is 6.78. The van der Waals surface area contributed by atoms with Gasteiger partial charge in [0.2, 0.25) is 0 Å². The molecule has 4 nitrogen and oxygen atoms in total. The maximum absolute atomic E-state index is 5.52. The highest BCUT2D eigenvalue weighted by molar-refractivity contribution is 14.0. The van der Waals surface area contributed by atoms with Gasteiger partial charge in [0.05, 0.1) is 6.61 Å². The average Bonchev–Trinajstić information content (AvgIpc) is 2.57. The second-order valence-electron chi connectivity index (χ2n) is 5.35. The van der Waals surface area contributed by atoms with Crippen molar-refractivity contribution in [3.05, 3.63) is 65.2 Å². The van der Waals surface area contributed by atoms with Crippen LogP contribution in [0.1, 0.15) is 23.6 Å². The van der Waals surface area contributed by atoms with Crippen molar-refractivity contribution in [2.75, 3.05) is 13.7 Å². The Kier molecular flexibility index (Phi) is 9.22. The molecule has 2 N–H and O–H groups in total. The van der Waals surface area contributed by atoms with Crippen LogP contribution in [0.4, 0.5) is 0 Å². The number of guanidine groups is 1. The van der Waals surface area contributed by atoms with E-state index in [9.17, 15) is 0 Å². The molecular weight excluding hydrogens is 413 g/mol. The summed E-state index contributed by atoms with van der Waals surface area (Å²) < 4.78 is 5.52. The Balaban J connectivity index is 0.00000288. The van der Waals surface area contributed by atoms with Crippen LogP contribution in [0.2, 0.25) is 0 Å². The molecule has 0 aliphatic heterocycles. The summed E-state index contributed by atoms with van der Waals surface area (Å²) in [6.07, 6.45) is 0. The maximum atomic E-state index is 5.52. The van der Waals surface area contributed by atoms with Gasteiger partial charge in [-0.05, 0) is 37.1 Å². The van der Waals surface area contributed by atoms with Gasteiger partial charge in [-0.2, -0.15) is 0 Å². The largest absolute Gasteiger partial charge is 0.494 e. The van der Waals surface area contributed by atoms with Crippen LogP contribution in [0.15, 0.2) is 53.5 Å². The highest BCUT2D eigenvalue weighted by atomic mass is 127. The van der Waals surface area contributed by atoms with Crippen LogP contribution in [-0.4, -0.2) is 19.6 Å². The lowest BCUT2D eigenvalue weighted by Gasteiger charge is -2.13. The average molecular weight is 439 g/mol. The van der Waals surface area contributed by atoms with Crippen molar-refractivity contribution in [1.29, 1.82) is 0 Å². The van der Waals surface area contributed by atoms with Crippen molar-refractivity contribution in [2.24, 2.45) is 4.99 Å². The van der Waals surface area contributed by atoms with Crippen molar-refractivity contribution in [1.82, 2.24) is 10.6 Å². The first kappa shape index (κ1) is 20.3. The number of benzene rings is 2. The molecule has 0 saturated heterocycles. The second-order valence-corrected chi connectivity index (χ2v) is 5.35. The Morgan fingerprint density at radius 3 is 2.29 bits per heavy atom. The van der Waals surface area contributed by atoms with Gasteiger partial charge in [0.15, 0.2) is 5.96 Å². The van der Waals surface area contributed by atoms with Gasteiger partial charge in [-0.1, -0.05) is 42.0 Å². The predicted octanol–water partition coefficient (Wildman–Crippen LogP) is 3.88. The highest BCUT2D eigenvalue weighted by Gasteiger charge is 2.00. The number of ether oxygens (including phenoxy) is 1. The summed E-state index contributed by atoms with van der Waals surface area (Å²) in [5, 5.41) is 6.64. The third-order valence-corrected chi connectivity index (χ3v) is 3.47. The molecule has 2 aromatic rings. The molecule has 0 amide bonds. The molecule has 2 rings (SSSR count). The molecule has 0 aliphatic rings. The van der Waals surface area contributed by atoms with Gasteiger partial charge >= 0.3 is 0 Å². The quantitative estimate of drug-likeness (QED) is 0.408. The minimum absolute atomic E-state index is 0. The molecule has 0 saturated carbocycles. The Labute approximate surface area is 161 Å². The summed E-state index contributed by atoms with van der Waals surface area (Å²) in [6, 6.07) is 16.6. The van der Waals surface area contributed by atoms with E-state index in [-0.39, 0.29) is 24.0 Å². The van der Waals surface area contributed by atoms with Crippen molar-refractivity contribution in [3.63, 3.8) is 0 Å². The van der Waals surface area contributed by atoms with Crippen LogP contribution < -0.4 is 15.4 Å². The van der Waals surface area contributed by atoms with Gasteiger partial charge < -0.3 is 15.4 Å². The summed E-state index contributed by atoms with van der Waals surface area (Å²) in [7, 11) is 1.78. The maximum Gasteiger partial charge on any atom is 0.191 e. The van der Waals surface area contributed by atoms with E-state index in [1.165, 1.54) is 11.1 Å². The van der Waals surface area contributed by atoms with Crippen molar-refractivity contribution >= 4 is 29.9 Å². The van der Waals surface area contributed by atoms with Crippen molar-refractivity contribution in [2.45, 2.75) is 26.9 Å². The van der Waals surface area contributed by atoms with Crippen LogP contribution in [0.3, 0.4) is 0 Å². The monoisotopic (exact) mass is 439 g/mol. The first-order valence-corrected chi connectivity index (χ1v) is 7.93. The summed E-state index contributed by atoms with van der Waals surface area (Å²) in [5.74, 6) is 1.68. The van der Waals surface area contributed by atoms with Gasteiger partial charge in [-0.3, -0.25) is 4.99 Å². The molecule has 2 aromatic carbocycles.